The Bertz CT molecular complexity index is 884. The number of amides is 1. The van der Waals surface area contributed by atoms with Crippen LogP contribution in [-0.4, -0.2) is 29.5 Å². The number of ether oxygens (including phenoxy) is 1. The van der Waals surface area contributed by atoms with Gasteiger partial charge in [0.05, 0.1) is 7.11 Å². The summed E-state index contributed by atoms with van der Waals surface area (Å²) in [5, 5.41) is 6.15. The number of benzene rings is 1. The second-order valence-corrected chi connectivity index (χ2v) is 6.00. The van der Waals surface area contributed by atoms with Crippen molar-refractivity contribution in [2.24, 2.45) is 0 Å². The summed E-state index contributed by atoms with van der Waals surface area (Å²) in [4.78, 5) is 20.7. The number of pyridine rings is 2. The standard InChI is InChI=1S/C21H22N4O2/c1-27-19-6-2-4-16(12-19)7-10-24-21(26)18-8-11-23-20(13-18)25-15-17-5-3-9-22-14-17/h2-6,8-9,11-14H,7,10,15H2,1H3,(H,23,25)(H,24,26). The Kier molecular flexibility index (Phi) is 6.35. The van der Waals surface area contributed by atoms with E-state index in [0.717, 1.165) is 23.3 Å². The molecule has 2 heterocycles. The normalized spacial score (nSPS) is 10.3. The zero-order chi connectivity index (χ0) is 18.9. The van der Waals surface area contributed by atoms with Crippen molar-refractivity contribution >= 4 is 11.7 Å². The topological polar surface area (TPSA) is 76.1 Å². The number of carbonyl (C=O) groups is 1. The minimum Gasteiger partial charge on any atom is -0.497 e. The molecule has 138 valence electrons. The molecule has 2 N–H and O–H groups in total. The van der Waals surface area contributed by atoms with Crippen LogP contribution in [0.5, 0.6) is 5.75 Å². The third-order valence-electron chi connectivity index (χ3n) is 4.05. The second-order valence-electron chi connectivity index (χ2n) is 6.00. The Balaban J connectivity index is 1.52. The highest BCUT2D eigenvalue weighted by Crippen LogP contribution is 2.13. The first-order valence-electron chi connectivity index (χ1n) is 8.74. The van der Waals surface area contributed by atoms with Crippen LogP contribution in [0.3, 0.4) is 0 Å². The fourth-order valence-corrected chi connectivity index (χ4v) is 2.61. The molecule has 0 aliphatic heterocycles. The molecule has 0 aliphatic rings. The zero-order valence-corrected chi connectivity index (χ0v) is 15.2. The number of hydrogen-bond donors (Lipinski definition) is 2. The summed E-state index contributed by atoms with van der Waals surface area (Å²) in [7, 11) is 1.64. The molecular formula is C21H22N4O2. The van der Waals surface area contributed by atoms with E-state index in [4.69, 9.17) is 4.74 Å². The lowest BCUT2D eigenvalue weighted by Crippen LogP contribution is -2.25. The van der Waals surface area contributed by atoms with Gasteiger partial charge in [-0.1, -0.05) is 18.2 Å². The smallest absolute Gasteiger partial charge is 0.251 e. The summed E-state index contributed by atoms with van der Waals surface area (Å²) < 4.78 is 5.21. The predicted octanol–water partition coefficient (Wildman–Crippen LogP) is 3.07. The van der Waals surface area contributed by atoms with Crippen LogP contribution in [0.15, 0.2) is 67.1 Å². The van der Waals surface area contributed by atoms with Gasteiger partial charge >= 0.3 is 0 Å². The van der Waals surface area contributed by atoms with Gasteiger partial charge in [-0.25, -0.2) is 4.98 Å². The van der Waals surface area contributed by atoms with Gasteiger partial charge in [-0.3, -0.25) is 9.78 Å². The molecule has 0 radical (unpaired) electrons. The molecule has 0 fully saturated rings. The van der Waals surface area contributed by atoms with Crippen molar-refractivity contribution < 1.29 is 9.53 Å². The molecule has 6 nitrogen and oxygen atoms in total. The van der Waals surface area contributed by atoms with Crippen LogP contribution in [0.25, 0.3) is 0 Å². The first-order chi connectivity index (χ1) is 13.2. The van der Waals surface area contributed by atoms with Crippen LogP contribution < -0.4 is 15.4 Å². The quantitative estimate of drug-likeness (QED) is 0.644. The Hall–Kier alpha value is -3.41. The maximum Gasteiger partial charge on any atom is 0.251 e. The monoisotopic (exact) mass is 362 g/mol. The molecule has 0 saturated carbocycles. The fourth-order valence-electron chi connectivity index (χ4n) is 2.61. The van der Waals surface area contributed by atoms with Crippen LogP contribution >= 0.6 is 0 Å². The van der Waals surface area contributed by atoms with Crippen LogP contribution in [0.1, 0.15) is 21.5 Å². The van der Waals surface area contributed by atoms with E-state index in [1.165, 1.54) is 0 Å². The number of hydrogen-bond acceptors (Lipinski definition) is 5. The van der Waals surface area contributed by atoms with E-state index in [1.54, 1.807) is 37.8 Å². The van der Waals surface area contributed by atoms with Crippen molar-refractivity contribution in [1.29, 1.82) is 0 Å². The molecule has 1 amide bonds. The largest absolute Gasteiger partial charge is 0.497 e. The fraction of sp³-hybridized carbons (Fsp3) is 0.190. The van der Waals surface area contributed by atoms with Gasteiger partial charge < -0.3 is 15.4 Å². The number of aromatic nitrogens is 2. The van der Waals surface area contributed by atoms with Gasteiger partial charge in [-0.15, -0.1) is 0 Å². The van der Waals surface area contributed by atoms with E-state index in [1.807, 2.05) is 36.4 Å². The average molecular weight is 362 g/mol. The van der Waals surface area contributed by atoms with Crippen molar-refractivity contribution in [2.75, 3.05) is 19.0 Å². The molecule has 3 rings (SSSR count). The summed E-state index contributed by atoms with van der Waals surface area (Å²) in [6.45, 7) is 1.15. The molecule has 0 spiro atoms. The third-order valence-corrected chi connectivity index (χ3v) is 4.05. The highest BCUT2D eigenvalue weighted by Gasteiger charge is 2.07. The van der Waals surface area contributed by atoms with Crippen LogP contribution in [0.2, 0.25) is 0 Å². The Morgan fingerprint density at radius 1 is 1.07 bits per heavy atom. The van der Waals surface area contributed by atoms with Crippen molar-refractivity contribution in [3.05, 3.63) is 83.8 Å². The Labute approximate surface area is 158 Å². The van der Waals surface area contributed by atoms with Crippen LogP contribution in [0.4, 0.5) is 5.82 Å². The minimum absolute atomic E-state index is 0.121. The van der Waals surface area contributed by atoms with Gasteiger partial charge in [0.25, 0.3) is 5.91 Å². The van der Waals surface area contributed by atoms with Crippen molar-refractivity contribution in [2.45, 2.75) is 13.0 Å². The highest BCUT2D eigenvalue weighted by atomic mass is 16.5. The molecule has 0 saturated heterocycles. The number of rotatable bonds is 8. The number of nitrogens with zero attached hydrogens (tertiary/aromatic N) is 2. The van der Waals surface area contributed by atoms with Crippen LogP contribution in [0, 0.1) is 0 Å². The van der Waals surface area contributed by atoms with Gasteiger partial charge in [-0.05, 0) is 47.9 Å². The predicted molar refractivity (Wildman–Crippen MR) is 105 cm³/mol. The van der Waals surface area contributed by atoms with Gasteiger partial charge in [0.2, 0.25) is 0 Å². The van der Waals surface area contributed by atoms with Crippen molar-refractivity contribution in [3.63, 3.8) is 0 Å². The lowest BCUT2D eigenvalue weighted by molar-refractivity contribution is 0.0954. The van der Waals surface area contributed by atoms with Gasteiger partial charge in [0, 0.05) is 37.2 Å². The van der Waals surface area contributed by atoms with E-state index in [9.17, 15) is 4.79 Å². The molecule has 1 aromatic carbocycles. The third kappa shape index (κ3) is 5.54. The molecular weight excluding hydrogens is 340 g/mol. The second kappa shape index (κ2) is 9.33. The van der Waals surface area contributed by atoms with E-state index in [-0.39, 0.29) is 5.91 Å². The van der Waals surface area contributed by atoms with E-state index < -0.39 is 0 Å². The van der Waals surface area contributed by atoms with E-state index in [0.29, 0.717) is 24.5 Å². The van der Waals surface area contributed by atoms with Crippen LogP contribution in [-0.2, 0) is 13.0 Å². The Morgan fingerprint density at radius 3 is 2.78 bits per heavy atom. The summed E-state index contributed by atoms with van der Waals surface area (Å²) in [5.41, 5.74) is 2.74. The highest BCUT2D eigenvalue weighted by molar-refractivity contribution is 5.94. The van der Waals surface area contributed by atoms with Gasteiger partial charge in [0.15, 0.2) is 0 Å². The summed E-state index contributed by atoms with van der Waals surface area (Å²) in [5.74, 6) is 1.35. The average Bonchev–Trinajstić information content (AvgIpc) is 2.73. The first kappa shape index (κ1) is 18.4. The lowest BCUT2D eigenvalue weighted by Gasteiger charge is -2.09. The first-order valence-corrected chi connectivity index (χ1v) is 8.74. The number of anilines is 1. The SMILES string of the molecule is COc1cccc(CCNC(=O)c2ccnc(NCc3cccnc3)c2)c1. The zero-order valence-electron chi connectivity index (χ0n) is 15.2. The molecule has 2 aromatic heterocycles. The maximum atomic E-state index is 12.4. The van der Waals surface area contributed by atoms with Crippen molar-refractivity contribution in [1.82, 2.24) is 15.3 Å². The Morgan fingerprint density at radius 2 is 1.96 bits per heavy atom. The summed E-state index contributed by atoms with van der Waals surface area (Å²) >= 11 is 0. The number of nitrogens with one attached hydrogen (secondary N) is 2. The lowest BCUT2D eigenvalue weighted by atomic mass is 10.1. The summed E-state index contributed by atoms with van der Waals surface area (Å²) in [6.07, 6.45) is 5.89. The number of methoxy groups -OCH3 is 1. The molecule has 3 aromatic rings. The molecule has 0 unspecified atom stereocenters. The molecule has 0 aliphatic carbocycles. The maximum absolute atomic E-state index is 12.4. The summed E-state index contributed by atoms with van der Waals surface area (Å²) in [6, 6.07) is 15.2. The molecule has 6 heteroatoms. The minimum atomic E-state index is -0.121. The number of carbonyl (C=O) groups excluding carboxylic acids is 1. The van der Waals surface area contributed by atoms with E-state index in [2.05, 4.69) is 20.6 Å². The van der Waals surface area contributed by atoms with Crippen molar-refractivity contribution in [3.8, 4) is 5.75 Å². The van der Waals surface area contributed by atoms with Gasteiger partial charge in [0.1, 0.15) is 11.6 Å². The molecule has 27 heavy (non-hydrogen) atoms. The van der Waals surface area contributed by atoms with E-state index >= 15 is 0 Å². The van der Waals surface area contributed by atoms with Gasteiger partial charge in [-0.2, -0.15) is 0 Å². The molecule has 0 atom stereocenters. The molecule has 0 bridgehead atoms.